The summed E-state index contributed by atoms with van der Waals surface area (Å²) in [5, 5.41) is 11.5. The molecule has 0 aliphatic heterocycles. The van der Waals surface area contributed by atoms with Crippen molar-refractivity contribution >= 4 is 5.82 Å². The lowest BCUT2D eigenvalue weighted by molar-refractivity contribution is -0.605. The maximum atomic E-state index is 13.1. The van der Waals surface area contributed by atoms with Crippen molar-refractivity contribution in [3.05, 3.63) is 113 Å². The van der Waals surface area contributed by atoms with E-state index in [1.54, 1.807) is 25.4 Å². The third-order valence-corrected chi connectivity index (χ3v) is 6.23. The van der Waals surface area contributed by atoms with Crippen LogP contribution in [0.1, 0.15) is 28.2 Å². The molecule has 2 aromatic carbocycles. The molecule has 1 atom stereocenters. The van der Waals surface area contributed by atoms with Gasteiger partial charge in [-0.3, -0.25) is 0 Å². The molecule has 2 aromatic heterocycles. The summed E-state index contributed by atoms with van der Waals surface area (Å²) in [6.45, 7) is -5.88. The normalized spacial score (nSPS) is 11.9. The van der Waals surface area contributed by atoms with E-state index >= 15 is 0 Å². The van der Waals surface area contributed by atoms with Crippen LogP contribution in [0.25, 0.3) is 0 Å². The zero-order valence-electron chi connectivity index (χ0n) is 21.7. The third-order valence-electron chi connectivity index (χ3n) is 6.23. The van der Waals surface area contributed by atoms with Crippen LogP contribution in [0.4, 0.5) is 23.4 Å². The molecule has 0 spiro atoms. The van der Waals surface area contributed by atoms with Crippen molar-refractivity contribution < 1.29 is 36.5 Å². The number of pyridine rings is 2. The molecule has 0 fully saturated rings. The van der Waals surface area contributed by atoms with Gasteiger partial charge in [0.05, 0.1) is 7.11 Å². The highest BCUT2D eigenvalue weighted by atomic mass is 19.3. The first-order valence-corrected chi connectivity index (χ1v) is 12.2. The van der Waals surface area contributed by atoms with E-state index in [0.29, 0.717) is 29.1 Å². The van der Waals surface area contributed by atoms with Crippen molar-refractivity contribution in [3.8, 4) is 17.2 Å². The molecular formula is C29H27F4N3O4. The van der Waals surface area contributed by atoms with Crippen molar-refractivity contribution in [3.63, 3.8) is 0 Å². The summed E-state index contributed by atoms with van der Waals surface area (Å²) < 4.78 is 66.7. The van der Waals surface area contributed by atoms with E-state index in [2.05, 4.69) is 14.5 Å². The highest BCUT2D eigenvalue weighted by Crippen LogP contribution is 2.37. The lowest BCUT2D eigenvalue weighted by Gasteiger charge is -2.22. The molecule has 11 heteroatoms. The lowest BCUT2D eigenvalue weighted by atomic mass is 9.86. The Morgan fingerprint density at radius 1 is 0.850 bits per heavy atom. The molecule has 4 aromatic rings. The number of halogens is 4. The second kappa shape index (κ2) is 13.0. The van der Waals surface area contributed by atoms with Crippen LogP contribution < -0.4 is 23.8 Å². The molecule has 0 radical (unpaired) electrons. The molecule has 40 heavy (non-hydrogen) atoms. The standard InChI is InChI=1S/C29H27F4N3O4/c1-35(18-20-4-3-5-23(14-20)38-2)27-9-7-22(17-34-27)24(15-19-10-12-36(37)13-11-19)21-6-8-25(39-28(30)31)26(16-21)40-29(32)33/h3-14,16-17,24,28-29H,15,18H2,1-2H3. The summed E-state index contributed by atoms with van der Waals surface area (Å²) in [4.78, 5) is 6.57. The van der Waals surface area contributed by atoms with Gasteiger partial charge < -0.3 is 24.3 Å². The average Bonchev–Trinajstić information content (AvgIpc) is 2.93. The first kappa shape index (κ1) is 28.5. The van der Waals surface area contributed by atoms with Gasteiger partial charge in [0.1, 0.15) is 11.6 Å². The van der Waals surface area contributed by atoms with Gasteiger partial charge in [0.25, 0.3) is 0 Å². The van der Waals surface area contributed by atoms with Gasteiger partial charge in [-0.2, -0.15) is 22.3 Å². The number of ether oxygens (including phenoxy) is 3. The quantitative estimate of drug-likeness (QED) is 0.122. The number of methoxy groups -OCH3 is 1. The number of hydrogen-bond donors (Lipinski definition) is 0. The zero-order valence-corrected chi connectivity index (χ0v) is 21.7. The number of rotatable bonds is 12. The van der Waals surface area contributed by atoms with Crippen LogP contribution in [-0.4, -0.2) is 32.4 Å². The van der Waals surface area contributed by atoms with E-state index in [0.717, 1.165) is 22.4 Å². The second-order valence-electron chi connectivity index (χ2n) is 8.94. The van der Waals surface area contributed by atoms with Crippen LogP contribution >= 0.6 is 0 Å². The maximum Gasteiger partial charge on any atom is 0.387 e. The van der Waals surface area contributed by atoms with Crippen molar-refractivity contribution in [1.29, 1.82) is 0 Å². The van der Waals surface area contributed by atoms with Crippen LogP contribution in [0.15, 0.2) is 85.3 Å². The van der Waals surface area contributed by atoms with Crippen LogP contribution in [0, 0.1) is 5.21 Å². The van der Waals surface area contributed by atoms with Gasteiger partial charge in [-0.05, 0) is 59.0 Å². The van der Waals surface area contributed by atoms with Crippen LogP contribution in [0.2, 0.25) is 0 Å². The Hall–Kier alpha value is -4.54. The number of hydrogen-bond acceptors (Lipinski definition) is 6. The molecule has 0 N–H and O–H groups in total. The number of benzene rings is 2. The second-order valence-corrected chi connectivity index (χ2v) is 8.94. The highest BCUT2D eigenvalue weighted by molar-refractivity contribution is 5.48. The van der Waals surface area contributed by atoms with Crippen molar-refractivity contribution in [2.45, 2.75) is 32.1 Å². The molecule has 1 unspecified atom stereocenters. The van der Waals surface area contributed by atoms with E-state index in [1.807, 2.05) is 48.3 Å². The molecule has 210 valence electrons. The topological polar surface area (TPSA) is 70.8 Å². The van der Waals surface area contributed by atoms with Crippen molar-refractivity contribution in [1.82, 2.24) is 4.98 Å². The van der Waals surface area contributed by atoms with Gasteiger partial charge in [-0.15, -0.1) is 0 Å². The Morgan fingerprint density at radius 2 is 1.55 bits per heavy atom. The fourth-order valence-electron chi connectivity index (χ4n) is 4.32. The highest BCUT2D eigenvalue weighted by Gasteiger charge is 2.22. The first-order valence-electron chi connectivity index (χ1n) is 12.2. The number of alkyl halides is 4. The summed E-state index contributed by atoms with van der Waals surface area (Å²) in [6.07, 6.45) is 4.75. The number of nitrogens with zero attached hydrogens (tertiary/aromatic N) is 3. The van der Waals surface area contributed by atoms with Crippen LogP contribution in [0.3, 0.4) is 0 Å². The van der Waals surface area contributed by atoms with Gasteiger partial charge in [0, 0.05) is 37.8 Å². The van der Waals surface area contributed by atoms with Crippen LogP contribution in [0.5, 0.6) is 17.2 Å². The molecule has 2 heterocycles. The Morgan fingerprint density at radius 3 is 2.20 bits per heavy atom. The lowest BCUT2D eigenvalue weighted by Crippen LogP contribution is -2.24. The molecular weight excluding hydrogens is 530 g/mol. The molecule has 0 saturated heterocycles. The van der Waals surface area contributed by atoms with Crippen molar-refractivity contribution in [2.75, 3.05) is 19.1 Å². The summed E-state index contributed by atoms with van der Waals surface area (Å²) >= 11 is 0. The molecule has 0 aliphatic carbocycles. The van der Waals surface area contributed by atoms with E-state index in [4.69, 9.17) is 4.74 Å². The largest absolute Gasteiger partial charge is 0.619 e. The summed E-state index contributed by atoms with van der Waals surface area (Å²) in [6, 6.07) is 18.6. The molecule has 0 bridgehead atoms. The Kier molecular flexibility index (Phi) is 9.26. The summed E-state index contributed by atoms with van der Waals surface area (Å²) in [7, 11) is 3.51. The molecule has 7 nitrogen and oxygen atoms in total. The zero-order chi connectivity index (χ0) is 28.6. The van der Waals surface area contributed by atoms with Gasteiger partial charge in [0.2, 0.25) is 0 Å². The number of aromatic nitrogens is 2. The molecule has 4 rings (SSSR count). The van der Waals surface area contributed by atoms with Gasteiger partial charge in [-0.1, -0.05) is 24.3 Å². The molecule has 0 aliphatic rings. The molecule has 0 saturated carbocycles. The minimum Gasteiger partial charge on any atom is -0.619 e. The Balaban J connectivity index is 1.65. The SMILES string of the molecule is COc1cccc(CN(C)c2ccc(C(Cc3cc[n+]([O-])cc3)c3ccc(OC(F)F)c(OC(F)F)c3)cn2)c1. The Bertz CT molecular complexity index is 1390. The minimum atomic E-state index is -3.24. The average molecular weight is 558 g/mol. The van der Waals surface area contributed by atoms with Gasteiger partial charge >= 0.3 is 13.2 Å². The van der Waals surface area contributed by atoms with E-state index in [1.165, 1.54) is 30.6 Å². The monoisotopic (exact) mass is 557 g/mol. The number of anilines is 1. The first-order chi connectivity index (χ1) is 19.2. The summed E-state index contributed by atoms with van der Waals surface area (Å²) in [5.41, 5.74) is 3.07. The molecule has 0 amide bonds. The predicted molar refractivity (Wildman–Crippen MR) is 140 cm³/mol. The predicted octanol–water partition coefficient (Wildman–Crippen LogP) is 5.94. The fourth-order valence-corrected chi connectivity index (χ4v) is 4.32. The minimum absolute atomic E-state index is 0.366. The van der Waals surface area contributed by atoms with Gasteiger partial charge in [0.15, 0.2) is 23.9 Å². The van der Waals surface area contributed by atoms with Gasteiger partial charge in [-0.25, -0.2) is 4.98 Å². The van der Waals surface area contributed by atoms with E-state index in [-0.39, 0.29) is 0 Å². The summed E-state index contributed by atoms with van der Waals surface area (Å²) in [5.74, 6) is -0.00257. The Labute approximate surface area is 228 Å². The third kappa shape index (κ3) is 7.52. The fraction of sp³-hybridized carbons (Fsp3) is 0.241. The van der Waals surface area contributed by atoms with Crippen LogP contribution in [-0.2, 0) is 13.0 Å². The van der Waals surface area contributed by atoms with Crippen molar-refractivity contribution in [2.24, 2.45) is 0 Å². The smallest absolute Gasteiger partial charge is 0.387 e. The maximum absolute atomic E-state index is 13.1. The van der Waals surface area contributed by atoms with E-state index < -0.39 is 30.6 Å². The van der Waals surface area contributed by atoms with E-state index in [9.17, 15) is 22.8 Å².